The molecule has 2 heteroatoms. The Morgan fingerprint density at radius 3 is 2.05 bits per heavy atom. The SMILES string of the molecule is CCC.CCC(C)(N)Cc1cc(C(C)(C)C)ccn1. The van der Waals surface area contributed by atoms with E-state index in [-0.39, 0.29) is 11.0 Å². The first kappa shape index (κ1) is 18.1. The first-order chi connectivity index (χ1) is 8.66. The summed E-state index contributed by atoms with van der Waals surface area (Å²) in [6, 6.07) is 4.27. The van der Waals surface area contributed by atoms with E-state index in [1.807, 2.05) is 6.20 Å². The summed E-state index contributed by atoms with van der Waals surface area (Å²) in [7, 11) is 0. The Hall–Kier alpha value is -0.890. The number of nitrogens with zero attached hydrogens (tertiary/aromatic N) is 1. The molecule has 110 valence electrons. The molecule has 0 aliphatic rings. The van der Waals surface area contributed by atoms with Crippen LogP contribution in [0.4, 0.5) is 0 Å². The van der Waals surface area contributed by atoms with Gasteiger partial charge in [0.05, 0.1) is 0 Å². The van der Waals surface area contributed by atoms with Crippen molar-refractivity contribution in [3.8, 4) is 0 Å². The zero-order valence-electron chi connectivity index (χ0n) is 13.9. The maximum absolute atomic E-state index is 6.17. The molecule has 0 aliphatic carbocycles. The molecule has 0 fully saturated rings. The molecule has 1 atom stereocenters. The van der Waals surface area contributed by atoms with E-state index in [4.69, 9.17) is 5.73 Å². The minimum atomic E-state index is -0.149. The third-order valence-electron chi connectivity index (χ3n) is 3.08. The van der Waals surface area contributed by atoms with Crippen molar-refractivity contribution in [2.75, 3.05) is 0 Å². The fourth-order valence-electron chi connectivity index (χ4n) is 1.58. The summed E-state index contributed by atoms with van der Waals surface area (Å²) >= 11 is 0. The summed E-state index contributed by atoms with van der Waals surface area (Å²) in [5, 5.41) is 0. The quantitative estimate of drug-likeness (QED) is 0.875. The molecular weight excluding hydrogens is 232 g/mol. The third-order valence-corrected chi connectivity index (χ3v) is 3.08. The highest BCUT2D eigenvalue weighted by molar-refractivity contribution is 5.24. The zero-order valence-corrected chi connectivity index (χ0v) is 13.9. The summed E-state index contributed by atoms with van der Waals surface area (Å²) in [6.07, 6.45) is 4.95. The Morgan fingerprint density at radius 2 is 1.63 bits per heavy atom. The highest BCUT2D eigenvalue weighted by atomic mass is 14.7. The lowest BCUT2D eigenvalue weighted by molar-refractivity contribution is 0.444. The second-order valence-corrected chi connectivity index (χ2v) is 6.68. The Bertz CT molecular complexity index is 362. The van der Waals surface area contributed by atoms with Crippen LogP contribution in [0.3, 0.4) is 0 Å². The van der Waals surface area contributed by atoms with Crippen molar-refractivity contribution in [3.05, 3.63) is 29.6 Å². The van der Waals surface area contributed by atoms with Crippen molar-refractivity contribution < 1.29 is 0 Å². The van der Waals surface area contributed by atoms with E-state index in [1.165, 1.54) is 12.0 Å². The smallest absolute Gasteiger partial charge is 0.0424 e. The second kappa shape index (κ2) is 7.64. The van der Waals surface area contributed by atoms with Gasteiger partial charge in [-0.2, -0.15) is 0 Å². The first-order valence-corrected chi connectivity index (χ1v) is 7.40. The van der Waals surface area contributed by atoms with Gasteiger partial charge < -0.3 is 5.73 Å². The number of hydrogen-bond acceptors (Lipinski definition) is 2. The van der Waals surface area contributed by atoms with E-state index in [0.717, 1.165) is 18.5 Å². The van der Waals surface area contributed by atoms with E-state index in [0.29, 0.717) is 0 Å². The molecule has 1 aromatic rings. The van der Waals surface area contributed by atoms with Gasteiger partial charge in [0.1, 0.15) is 0 Å². The van der Waals surface area contributed by atoms with E-state index in [9.17, 15) is 0 Å². The summed E-state index contributed by atoms with van der Waals surface area (Å²) in [5.74, 6) is 0. The lowest BCUT2D eigenvalue weighted by atomic mass is 9.86. The van der Waals surface area contributed by atoms with Crippen LogP contribution in [0.2, 0.25) is 0 Å². The van der Waals surface area contributed by atoms with E-state index in [2.05, 4.69) is 65.6 Å². The maximum atomic E-state index is 6.17. The molecule has 0 radical (unpaired) electrons. The molecule has 0 bridgehead atoms. The first-order valence-electron chi connectivity index (χ1n) is 7.40. The fraction of sp³-hybridized carbons (Fsp3) is 0.706. The van der Waals surface area contributed by atoms with E-state index < -0.39 is 0 Å². The monoisotopic (exact) mass is 264 g/mol. The van der Waals surface area contributed by atoms with Crippen LogP contribution in [-0.4, -0.2) is 10.5 Å². The largest absolute Gasteiger partial charge is 0.325 e. The van der Waals surface area contributed by atoms with Crippen molar-refractivity contribution in [2.45, 2.75) is 78.7 Å². The van der Waals surface area contributed by atoms with Gasteiger partial charge in [0.15, 0.2) is 0 Å². The highest BCUT2D eigenvalue weighted by Gasteiger charge is 2.19. The number of hydrogen-bond donors (Lipinski definition) is 1. The van der Waals surface area contributed by atoms with Gasteiger partial charge in [0.25, 0.3) is 0 Å². The lowest BCUT2D eigenvalue weighted by Crippen LogP contribution is -2.38. The third kappa shape index (κ3) is 7.31. The van der Waals surface area contributed by atoms with Gasteiger partial charge in [-0.3, -0.25) is 4.98 Å². The molecule has 19 heavy (non-hydrogen) atoms. The average molecular weight is 264 g/mol. The van der Waals surface area contributed by atoms with Gasteiger partial charge in [-0.1, -0.05) is 48.0 Å². The molecule has 0 saturated heterocycles. The highest BCUT2D eigenvalue weighted by Crippen LogP contribution is 2.23. The van der Waals surface area contributed by atoms with Crippen molar-refractivity contribution in [2.24, 2.45) is 5.73 Å². The van der Waals surface area contributed by atoms with Gasteiger partial charge in [-0.25, -0.2) is 0 Å². The van der Waals surface area contributed by atoms with Crippen molar-refractivity contribution in [3.63, 3.8) is 0 Å². The number of rotatable bonds is 3. The Morgan fingerprint density at radius 1 is 1.11 bits per heavy atom. The van der Waals surface area contributed by atoms with Crippen LogP contribution in [0, 0.1) is 0 Å². The Labute approximate surface area is 119 Å². The van der Waals surface area contributed by atoms with Crippen molar-refractivity contribution >= 4 is 0 Å². The predicted octanol–water partition coefficient (Wildman–Crippen LogP) is 4.47. The van der Waals surface area contributed by atoms with Gasteiger partial charge in [-0.05, 0) is 36.5 Å². The Kier molecular flexibility index (Phi) is 7.28. The van der Waals surface area contributed by atoms with Crippen LogP contribution in [-0.2, 0) is 11.8 Å². The summed E-state index contributed by atoms with van der Waals surface area (Å²) in [6.45, 7) is 15.1. The van der Waals surface area contributed by atoms with Crippen LogP contribution in [0.15, 0.2) is 18.3 Å². The van der Waals surface area contributed by atoms with Crippen LogP contribution < -0.4 is 5.73 Å². The van der Waals surface area contributed by atoms with Crippen molar-refractivity contribution in [1.82, 2.24) is 4.98 Å². The molecule has 0 aliphatic heterocycles. The Balaban J connectivity index is 0.000000982. The molecule has 0 aromatic carbocycles. The standard InChI is InChI=1S/C14H24N2.C3H8/c1-6-14(5,15)10-12-9-11(7-8-16-12)13(2,3)4;1-3-2/h7-9H,6,10,15H2,1-5H3;3H2,1-2H3. The van der Waals surface area contributed by atoms with E-state index in [1.54, 1.807) is 0 Å². The van der Waals surface area contributed by atoms with Crippen molar-refractivity contribution in [1.29, 1.82) is 0 Å². The lowest BCUT2D eigenvalue weighted by Gasteiger charge is -2.24. The van der Waals surface area contributed by atoms with Gasteiger partial charge >= 0.3 is 0 Å². The van der Waals surface area contributed by atoms with Crippen LogP contribution >= 0.6 is 0 Å². The zero-order chi connectivity index (χ0) is 15.1. The van der Waals surface area contributed by atoms with Gasteiger partial charge in [0.2, 0.25) is 0 Å². The normalized spacial score (nSPS) is 14.3. The molecule has 1 rings (SSSR count). The maximum Gasteiger partial charge on any atom is 0.0424 e. The molecule has 0 amide bonds. The number of pyridine rings is 1. The summed E-state index contributed by atoms with van der Waals surface area (Å²) < 4.78 is 0. The molecular formula is C17H32N2. The number of aromatic nitrogens is 1. The van der Waals surface area contributed by atoms with Gasteiger partial charge in [-0.15, -0.1) is 0 Å². The summed E-state index contributed by atoms with van der Waals surface area (Å²) in [4.78, 5) is 4.41. The number of nitrogens with two attached hydrogens (primary N) is 1. The second-order valence-electron chi connectivity index (χ2n) is 6.68. The molecule has 2 N–H and O–H groups in total. The molecule has 0 saturated carbocycles. The van der Waals surface area contributed by atoms with Crippen LogP contribution in [0.1, 0.15) is 72.6 Å². The fourth-order valence-corrected chi connectivity index (χ4v) is 1.58. The average Bonchev–Trinajstić information content (AvgIpc) is 2.29. The van der Waals surface area contributed by atoms with E-state index >= 15 is 0 Å². The molecule has 0 spiro atoms. The molecule has 1 unspecified atom stereocenters. The molecule has 1 heterocycles. The molecule has 2 nitrogen and oxygen atoms in total. The topological polar surface area (TPSA) is 38.9 Å². The minimum absolute atomic E-state index is 0.149. The van der Waals surface area contributed by atoms with Gasteiger partial charge in [0, 0.05) is 23.9 Å². The minimum Gasteiger partial charge on any atom is -0.325 e. The predicted molar refractivity (Wildman–Crippen MR) is 85.5 cm³/mol. The van der Waals surface area contributed by atoms with Crippen LogP contribution in [0.25, 0.3) is 0 Å². The summed E-state index contributed by atoms with van der Waals surface area (Å²) in [5.41, 5.74) is 8.61. The van der Waals surface area contributed by atoms with Crippen LogP contribution in [0.5, 0.6) is 0 Å². The molecule has 1 aromatic heterocycles.